The minimum atomic E-state index is -3.16. The SMILES string of the molecule is CN(C)CCN1CC[C@@]2(CCCN(S(=O)(=O)C3CC3)C2)C1=O. The van der Waals surface area contributed by atoms with E-state index in [0.717, 1.165) is 51.7 Å². The molecular weight excluding hydrogens is 302 g/mol. The molecule has 0 aromatic heterocycles. The number of hydrogen-bond acceptors (Lipinski definition) is 4. The smallest absolute Gasteiger partial charge is 0.230 e. The second-order valence-corrected chi connectivity index (χ2v) is 9.52. The summed E-state index contributed by atoms with van der Waals surface area (Å²) in [4.78, 5) is 16.8. The molecule has 0 bridgehead atoms. The molecule has 22 heavy (non-hydrogen) atoms. The number of likely N-dealkylation sites (tertiary alicyclic amines) is 1. The molecule has 1 aliphatic carbocycles. The van der Waals surface area contributed by atoms with Crippen LogP contribution in [-0.4, -0.2) is 80.5 Å². The predicted molar refractivity (Wildman–Crippen MR) is 84.9 cm³/mol. The molecule has 0 radical (unpaired) electrons. The molecule has 2 aliphatic heterocycles. The normalized spacial score (nSPS) is 30.7. The number of nitrogens with zero attached hydrogens (tertiary/aromatic N) is 3. The fraction of sp³-hybridized carbons (Fsp3) is 0.933. The molecule has 1 spiro atoms. The van der Waals surface area contributed by atoms with Gasteiger partial charge in [-0.2, -0.15) is 0 Å². The van der Waals surface area contributed by atoms with Gasteiger partial charge in [-0.05, 0) is 46.2 Å². The Morgan fingerprint density at radius 3 is 2.59 bits per heavy atom. The van der Waals surface area contributed by atoms with E-state index in [4.69, 9.17) is 0 Å². The van der Waals surface area contributed by atoms with Crippen LogP contribution >= 0.6 is 0 Å². The zero-order valence-electron chi connectivity index (χ0n) is 13.6. The summed E-state index contributed by atoms with van der Waals surface area (Å²) < 4.78 is 26.6. The third kappa shape index (κ3) is 2.90. The average molecular weight is 329 g/mol. The lowest BCUT2D eigenvalue weighted by atomic mass is 9.79. The summed E-state index contributed by atoms with van der Waals surface area (Å²) in [5.74, 6) is 0.171. The van der Waals surface area contributed by atoms with Crippen molar-refractivity contribution in [3.63, 3.8) is 0 Å². The first-order valence-electron chi connectivity index (χ1n) is 8.28. The second kappa shape index (κ2) is 5.76. The zero-order chi connectivity index (χ0) is 16.0. The average Bonchev–Trinajstić information content (AvgIpc) is 3.28. The minimum Gasteiger partial charge on any atom is -0.341 e. The predicted octanol–water partition coefficient (Wildman–Crippen LogP) is 0.355. The van der Waals surface area contributed by atoms with E-state index in [-0.39, 0.29) is 11.2 Å². The Morgan fingerprint density at radius 1 is 1.23 bits per heavy atom. The highest BCUT2D eigenvalue weighted by atomic mass is 32.2. The van der Waals surface area contributed by atoms with Gasteiger partial charge in [-0.1, -0.05) is 0 Å². The highest BCUT2D eigenvalue weighted by molar-refractivity contribution is 7.90. The summed E-state index contributed by atoms with van der Waals surface area (Å²) >= 11 is 0. The fourth-order valence-corrected chi connectivity index (χ4v) is 5.65. The summed E-state index contributed by atoms with van der Waals surface area (Å²) in [5.41, 5.74) is -0.452. The van der Waals surface area contributed by atoms with E-state index < -0.39 is 15.4 Å². The maximum absolute atomic E-state index is 12.8. The van der Waals surface area contributed by atoms with Crippen LogP contribution in [0.3, 0.4) is 0 Å². The van der Waals surface area contributed by atoms with Crippen molar-refractivity contribution in [2.24, 2.45) is 5.41 Å². The van der Waals surface area contributed by atoms with Crippen LogP contribution in [0, 0.1) is 5.41 Å². The van der Waals surface area contributed by atoms with E-state index in [1.165, 1.54) is 0 Å². The molecule has 7 heteroatoms. The molecule has 0 N–H and O–H groups in total. The third-order valence-corrected chi connectivity index (χ3v) is 7.61. The number of rotatable bonds is 5. The summed E-state index contributed by atoms with van der Waals surface area (Å²) in [6.45, 7) is 3.35. The molecule has 2 saturated heterocycles. The van der Waals surface area contributed by atoms with Gasteiger partial charge in [0.2, 0.25) is 15.9 Å². The second-order valence-electron chi connectivity index (χ2n) is 7.31. The molecule has 1 atom stereocenters. The topological polar surface area (TPSA) is 60.9 Å². The van der Waals surface area contributed by atoms with Crippen LogP contribution in [0.25, 0.3) is 0 Å². The number of sulfonamides is 1. The number of likely N-dealkylation sites (N-methyl/N-ethyl adjacent to an activating group) is 1. The van der Waals surface area contributed by atoms with Crippen LogP contribution < -0.4 is 0 Å². The fourth-order valence-electron chi connectivity index (χ4n) is 3.69. The van der Waals surface area contributed by atoms with Crippen molar-refractivity contribution >= 4 is 15.9 Å². The van der Waals surface area contributed by atoms with E-state index in [1.54, 1.807) is 4.31 Å². The van der Waals surface area contributed by atoms with Gasteiger partial charge in [-0.3, -0.25) is 4.79 Å². The highest BCUT2D eigenvalue weighted by Gasteiger charge is 2.52. The number of piperidine rings is 1. The summed E-state index contributed by atoms with van der Waals surface area (Å²) in [5, 5.41) is -0.177. The van der Waals surface area contributed by atoms with Crippen LogP contribution in [0.15, 0.2) is 0 Å². The Bertz CT molecular complexity index is 544. The Balaban J connectivity index is 1.69. The van der Waals surface area contributed by atoms with Crippen LogP contribution in [0.1, 0.15) is 32.1 Å². The van der Waals surface area contributed by atoms with Crippen molar-refractivity contribution in [1.29, 1.82) is 0 Å². The molecule has 1 amide bonds. The third-order valence-electron chi connectivity index (χ3n) is 5.27. The molecular formula is C15H27N3O3S. The molecule has 2 heterocycles. The van der Waals surface area contributed by atoms with Gasteiger partial charge < -0.3 is 9.80 Å². The van der Waals surface area contributed by atoms with E-state index in [0.29, 0.717) is 13.1 Å². The summed E-state index contributed by atoms with van der Waals surface area (Å²) in [6.07, 6.45) is 4.01. The van der Waals surface area contributed by atoms with E-state index >= 15 is 0 Å². The molecule has 6 nitrogen and oxygen atoms in total. The van der Waals surface area contributed by atoms with Crippen molar-refractivity contribution in [1.82, 2.24) is 14.1 Å². The zero-order valence-corrected chi connectivity index (χ0v) is 14.4. The molecule has 3 aliphatic rings. The molecule has 1 saturated carbocycles. The lowest BCUT2D eigenvalue weighted by Crippen LogP contribution is -2.50. The molecule has 3 fully saturated rings. The van der Waals surface area contributed by atoms with Crippen molar-refractivity contribution < 1.29 is 13.2 Å². The Morgan fingerprint density at radius 2 is 1.95 bits per heavy atom. The summed E-state index contributed by atoms with van der Waals surface area (Å²) in [7, 11) is 0.837. The Hall–Kier alpha value is -0.660. The van der Waals surface area contributed by atoms with Crippen LogP contribution in [0.2, 0.25) is 0 Å². The van der Waals surface area contributed by atoms with Crippen LogP contribution in [0.4, 0.5) is 0 Å². The first kappa shape index (κ1) is 16.2. The molecule has 126 valence electrons. The molecule has 3 rings (SSSR count). The van der Waals surface area contributed by atoms with Crippen LogP contribution in [0.5, 0.6) is 0 Å². The Labute approximate surface area is 133 Å². The highest BCUT2D eigenvalue weighted by Crippen LogP contribution is 2.42. The monoisotopic (exact) mass is 329 g/mol. The van der Waals surface area contributed by atoms with Crippen molar-refractivity contribution in [3.8, 4) is 0 Å². The number of hydrogen-bond donors (Lipinski definition) is 0. The first-order valence-corrected chi connectivity index (χ1v) is 9.79. The molecule has 0 aromatic rings. The minimum absolute atomic E-state index is 0.171. The quantitative estimate of drug-likeness (QED) is 0.730. The van der Waals surface area contributed by atoms with Crippen molar-refractivity contribution in [3.05, 3.63) is 0 Å². The van der Waals surface area contributed by atoms with Gasteiger partial charge in [0.25, 0.3) is 0 Å². The van der Waals surface area contributed by atoms with Gasteiger partial charge >= 0.3 is 0 Å². The van der Waals surface area contributed by atoms with Crippen molar-refractivity contribution in [2.45, 2.75) is 37.4 Å². The largest absolute Gasteiger partial charge is 0.341 e. The molecule has 0 aromatic carbocycles. The van der Waals surface area contributed by atoms with E-state index in [1.807, 2.05) is 19.0 Å². The lowest BCUT2D eigenvalue weighted by Gasteiger charge is -2.38. The number of amides is 1. The van der Waals surface area contributed by atoms with E-state index in [9.17, 15) is 13.2 Å². The van der Waals surface area contributed by atoms with Crippen LogP contribution in [-0.2, 0) is 14.8 Å². The van der Waals surface area contributed by atoms with Gasteiger partial charge in [0.15, 0.2) is 0 Å². The van der Waals surface area contributed by atoms with Gasteiger partial charge in [0.1, 0.15) is 0 Å². The number of carbonyl (C=O) groups is 1. The maximum Gasteiger partial charge on any atom is 0.230 e. The van der Waals surface area contributed by atoms with Gasteiger partial charge in [0, 0.05) is 32.7 Å². The van der Waals surface area contributed by atoms with Gasteiger partial charge in [-0.15, -0.1) is 0 Å². The van der Waals surface area contributed by atoms with Crippen molar-refractivity contribution in [2.75, 3.05) is 46.8 Å². The first-order chi connectivity index (χ1) is 10.3. The van der Waals surface area contributed by atoms with Gasteiger partial charge in [-0.25, -0.2) is 12.7 Å². The standard InChI is InChI=1S/C15H27N3O3S/c1-16(2)10-11-17-9-7-15(14(17)19)6-3-8-18(12-15)22(20,21)13-4-5-13/h13H,3-12H2,1-2H3/t15-/m1/s1. The van der Waals surface area contributed by atoms with E-state index in [2.05, 4.69) is 4.90 Å². The molecule has 0 unspecified atom stereocenters. The lowest BCUT2D eigenvalue weighted by molar-refractivity contribution is -0.137. The number of carbonyl (C=O) groups excluding carboxylic acids is 1. The Kier molecular flexibility index (Phi) is 4.24. The van der Waals surface area contributed by atoms with Gasteiger partial charge in [0.05, 0.1) is 10.7 Å². The maximum atomic E-state index is 12.8. The summed E-state index contributed by atoms with van der Waals surface area (Å²) in [6, 6.07) is 0.